The minimum atomic E-state index is -3.62. The van der Waals surface area contributed by atoms with Crippen LogP contribution >= 0.6 is 11.3 Å². The van der Waals surface area contributed by atoms with Gasteiger partial charge in [0.15, 0.2) is 5.13 Å². The Kier molecular flexibility index (Phi) is 6.24. The summed E-state index contributed by atoms with van der Waals surface area (Å²) in [6.07, 6.45) is 3.66. The average molecular weight is 449 g/mol. The quantitative estimate of drug-likeness (QED) is 0.759. The lowest BCUT2D eigenvalue weighted by Gasteiger charge is -2.32. The summed E-state index contributed by atoms with van der Waals surface area (Å²) in [5.74, 6) is -0.336. The maximum absolute atomic E-state index is 13.1. The zero-order valence-corrected chi connectivity index (χ0v) is 19.1. The van der Waals surface area contributed by atoms with Crippen LogP contribution in [0.3, 0.4) is 0 Å². The van der Waals surface area contributed by atoms with Crippen LogP contribution in [0.25, 0.3) is 0 Å². The number of benzene rings is 1. The van der Waals surface area contributed by atoms with Crippen molar-refractivity contribution in [2.75, 3.05) is 25.0 Å². The molecular formula is C21H28N4O3S2. The highest BCUT2D eigenvalue weighted by molar-refractivity contribution is 7.89. The van der Waals surface area contributed by atoms with E-state index in [0.717, 1.165) is 51.0 Å². The van der Waals surface area contributed by atoms with Crippen LogP contribution < -0.4 is 5.32 Å². The fourth-order valence-corrected chi connectivity index (χ4v) is 6.89. The van der Waals surface area contributed by atoms with Gasteiger partial charge in [-0.15, -0.1) is 11.3 Å². The fourth-order valence-electron chi connectivity index (χ4n) is 4.10. The molecule has 9 heteroatoms. The molecule has 1 saturated heterocycles. The summed E-state index contributed by atoms with van der Waals surface area (Å²) in [7, 11) is -3.62. The smallest absolute Gasteiger partial charge is 0.257 e. The number of carbonyl (C=O) groups excluding carboxylic acids is 1. The molecule has 3 heterocycles. The van der Waals surface area contributed by atoms with Gasteiger partial charge in [0.25, 0.3) is 5.91 Å². The Labute approximate surface area is 182 Å². The molecule has 162 valence electrons. The molecule has 1 N–H and O–H groups in total. The number of nitrogens with zero attached hydrogens (tertiary/aromatic N) is 3. The van der Waals surface area contributed by atoms with Crippen molar-refractivity contribution in [3.05, 3.63) is 40.4 Å². The van der Waals surface area contributed by atoms with Gasteiger partial charge in [-0.1, -0.05) is 19.4 Å². The third kappa shape index (κ3) is 4.30. The third-order valence-electron chi connectivity index (χ3n) is 5.92. The third-order valence-corrected chi connectivity index (χ3v) is 8.93. The fraction of sp³-hybridized carbons (Fsp3) is 0.524. The molecule has 0 aliphatic carbocycles. The number of nitrogens with one attached hydrogen (secondary N) is 1. The Morgan fingerprint density at radius 1 is 1.30 bits per heavy atom. The van der Waals surface area contributed by atoms with Crippen molar-refractivity contribution in [1.82, 2.24) is 14.2 Å². The molecule has 0 bridgehead atoms. The lowest BCUT2D eigenvalue weighted by atomic mass is 10.1. The van der Waals surface area contributed by atoms with Gasteiger partial charge in [0.2, 0.25) is 10.0 Å². The number of piperidine rings is 1. The molecule has 0 saturated carbocycles. The summed E-state index contributed by atoms with van der Waals surface area (Å²) in [6, 6.07) is 6.28. The van der Waals surface area contributed by atoms with E-state index in [9.17, 15) is 13.2 Å². The normalized spacial score (nSPS) is 20.7. The van der Waals surface area contributed by atoms with Crippen molar-refractivity contribution >= 4 is 32.4 Å². The molecule has 1 aromatic heterocycles. The number of aromatic nitrogens is 1. The van der Waals surface area contributed by atoms with Crippen LogP contribution in [-0.4, -0.2) is 54.2 Å². The van der Waals surface area contributed by atoms with Gasteiger partial charge in [0.1, 0.15) is 0 Å². The summed E-state index contributed by atoms with van der Waals surface area (Å²) < 4.78 is 27.8. The van der Waals surface area contributed by atoms with Crippen molar-refractivity contribution in [3.63, 3.8) is 0 Å². The van der Waals surface area contributed by atoms with E-state index in [2.05, 4.69) is 22.1 Å². The Bertz CT molecular complexity index is 1030. The van der Waals surface area contributed by atoms with E-state index in [1.807, 2.05) is 6.92 Å². The van der Waals surface area contributed by atoms with Crippen LogP contribution in [-0.2, 0) is 23.0 Å². The Morgan fingerprint density at radius 2 is 2.13 bits per heavy atom. The predicted octanol–water partition coefficient (Wildman–Crippen LogP) is 3.34. The van der Waals surface area contributed by atoms with Gasteiger partial charge >= 0.3 is 0 Å². The zero-order valence-electron chi connectivity index (χ0n) is 17.4. The molecule has 1 fully saturated rings. The summed E-state index contributed by atoms with van der Waals surface area (Å²) in [5.41, 5.74) is 1.37. The first-order valence-corrected chi connectivity index (χ1v) is 12.8. The molecular weight excluding hydrogens is 420 g/mol. The Hall–Kier alpha value is -1.81. The highest BCUT2D eigenvalue weighted by atomic mass is 32.2. The van der Waals surface area contributed by atoms with Crippen molar-refractivity contribution in [2.45, 2.75) is 57.0 Å². The van der Waals surface area contributed by atoms with Crippen LogP contribution in [0.15, 0.2) is 29.2 Å². The largest absolute Gasteiger partial charge is 0.298 e. The van der Waals surface area contributed by atoms with Gasteiger partial charge in [0.05, 0.1) is 10.6 Å². The molecule has 0 radical (unpaired) electrons. The van der Waals surface area contributed by atoms with Gasteiger partial charge in [-0.3, -0.25) is 15.0 Å². The number of amides is 1. The van der Waals surface area contributed by atoms with Gasteiger partial charge in [0, 0.05) is 42.5 Å². The van der Waals surface area contributed by atoms with Crippen molar-refractivity contribution in [2.24, 2.45) is 0 Å². The second kappa shape index (κ2) is 8.74. The monoisotopic (exact) mass is 448 g/mol. The molecule has 1 unspecified atom stereocenters. The number of hydrogen-bond donors (Lipinski definition) is 1. The number of thiazole rings is 1. The summed E-state index contributed by atoms with van der Waals surface area (Å²) in [5, 5.41) is 3.43. The second-order valence-corrected chi connectivity index (χ2v) is 10.9. The Morgan fingerprint density at radius 3 is 2.90 bits per heavy atom. The van der Waals surface area contributed by atoms with Crippen LogP contribution in [0.5, 0.6) is 0 Å². The SMILES string of the molecule is CCN1CCc2nc(NC(=O)c3cccc(S(=O)(=O)N4CCCCC4C)c3)sc2C1. The van der Waals surface area contributed by atoms with Crippen molar-refractivity contribution < 1.29 is 13.2 Å². The molecule has 4 rings (SSSR count). The standard InChI is InChI=1S/C21H28N4O3S2/c1-3-24-12-10-18-19(14-24)29-21(22-18)23-20(26)16-8-6-9-17(13-16)30(27,28)25-11-5-4-7-15(25)2/h6,8-9,13,15H,3-5,7,10-12,14H2,1-2H3,(H,22,23,26). The Balaban J connectivity index is 1.51. The number of likely N-dealkylation sites (N-methyl/N-ethyl adjacent to an activating group) is 1. The van der Waals surface area contributed by atoms with Gasteiger partial charge in [-0.25, -0.2) is 13.4 Å². The molecule has 2 aromatic rings. The van der Waals surface area contributed by atoms with Crippen LogP contribution in [0.4, 0.5) is 5.13 Å². The molecule has 0 spiro atoms. The number of anilines is 1. The van der Waals surface area contributed by atoms with Crippen molar-refractivity contribution in [3.8, 4) is 0 Å². The zero-order chi connectivity index (χ0) is 21.3. The van der Waals surface area contributed by atoms with Gasteiger partial charge in [-0.05, 0) is 44.5 Å². The maximum atomic E-state index is 13.1. The molecule has 2 aliphatic heterocycles. The highest BCUT2D eigenvalue weighted by Crippen LogP contribution is 2.29. The van der Waals surface area contributed by atoms with Crippen LogP contribution in [0.1, 0.15) is 54.0 Å². The summed E-state index contributed by atoms with van der Waals surface area (Å²) in [6.45, 7) is 7.45. The van der Waals surface area contributed by atoms with E-state index < -0.39 is 10.0 Å². The number of fused-ring (bicyclic) bond motifs is 1. The maximum Gasteiger partial charge on any atom is 0.257 e. The number of rotatable bonds is 5. The first-order chi connectivity index (χ1) is 14.4. The lowest BCUT2D eigenvalue weighted by molar-refractivity contribution is 0.102. The van der Waals surface area contributed by atoms with E-state index in [1.165, 1.54) is 22.3 Å². The molecule has 1 atom stereocenters. The lowest BCUT2D eigenvalue weighted by Crippen LogP contribution is -2.41. The molecule has 1 amide bonds. The first-order valence-electron chi connectivity index (χ1n) is 10.5. The van der Waals surface area contributed by atoms with E-state index >= 15 is 0 Å². The van der Waals surface area contributed by atoms with E-state index in [0.29, 0.717) is 17.2 Å². The summed E-state index contributed by atoms with van der Waals surface area (Å²) in [4.78, 5) is 21.1. The van der Waals surface area contributed by atoms with Gasteiger partial charge < -0.3 is 0 Å². The van der Waals surface area contributed by atoms with Crippen LogP contribution in [0.2, 0.25) is 0 Å². The number of carbonyl (C=O) groups is 1. The van der Waals surface area contributed by atoms with Gasteiger partial charge in [-0.2, -0.15) is 4.31 Å². The minimum absolute atomic E-state index is 0.0226. The first kappa shape index (κ1) is 21.4. The second-order valence-electron chi connectivity index (χ2n) is 7.95. The molecule has 1 aromatic carbocycles. The molecule has 7 nitrogen and oxygen atoms in total. The number of sulfonamides is 1. The van der Waals surface area contributed by atoms with E-state index in [1.54, 1.807) is 22.5 Å². The topological polar surface area (TPSA) is 82.6 Å². The molecule has 2 aliphatic rings. The summed E-state index contributed by atoms with van der Waals surface area (Å²) >= 11 is 1.50. The highest BCUT2D eigenvalue weighted by Gasteiger charge is 2.31. The number of hydrogen-bond acceptors (Lipinski definition) is 6. The van der Waals surface area contributed by atoms with Crippen LogP contribution in [0, 0.1) is 0 Å². The predicted molar refractivity (Wildman–Crippen MR) is 118 cm³/mol. The van der Waals surface area contributed by atoms with E-state index in [4.69, 9.17) is 0 Å². The average Bonchev–Trinajstić information content (AvgIpc) is 3.15. The van der Waals surface area contributed by atoms with Crippen molar-refractivity contribution in [1.29, 1.82) is 0 Å². The van der Waals surface area contributed by atoms with E-state index in [-0.39, 0.29) is 16.8 Å². The molecule has 30 heavy (non-hydrogen) atoms. The minimum Gasteiger partial charge on any atom is -0.298 e.